The van der Waals surface area contributed by atoms with Crippen molar-refractivity contribution >= 4 is 23.8 Å². The number of hydrogen-bond donors (Lipinski definition) is 2. The molecule has 0 aliphatic rings. The van der Waals surface area contributed by atoms with E-state index in [2.05, 4.69) is 10.3 Å². The molecule has 0 unspecified atom stereocenters. The van der Waals surface area contributed by atoms with Gasteiger partial charge in [-0.05, 0) is 12.1 Å². The number of carbonyl (C=O) groups is 1. The number of H-pyrrole nitrogens is 1. The molecular weight excluding hydrogens is 184 g/mol. The van der Waals surface area contributed by atoms with Crippen LogP contribution in [-0.2, 0) is 4.79 Å². The molecule has 0 atom stereocenters. The van der Waals surface area contributed by atoms with Crippen LogP contribution in [0.5, 0.6) is 0 Å². The molecule has 0 aromatic carbocycles. The van der Waals surface area contributed by atoms with Crippen LogP contribution in [0.1, 0.15) is 13.8 Å². The molecule has 70 valence electrons. The van der Waals surface area contributed by atoms with Gasteiger partial charge in [-0.3, -0.25) is 4.79 Å². The van der Waals surface area contributed by atoms with Crippen molar-refractivity contribution in [2.24, 2.45) is 5.92 Å². The van der Waals surface area contributed by atoms with Crippen LogP contribution in [0.4, 0.5) is 5.69 Å². The molecule has 0 fully saturated rings. The Kier molecular flexibility index (Phi) is 3.19. The lowest BCUT2D eigenvalue weighted by molar-refractivity contribution is -0.118. The second-order valence-electron chi connectivity index (χ2n) is 3.09. The van der Waals surface area contributed by atoms with Gasteiger partial charge < -0.3 is 10.3 Å². The van der Waals surface area contributed by atoms with E-state index in [9.17, 15) is 4.79 Å². The van der Waals surface area contributed by atoms with E-state index in [1.165, 1.54) is 0 Å². The van der Waals surface area contributed by atoms with Crippen LogP contribution in [0, 0.1) is 10.6 Å². The number of pyridine rings is 1. The zero-order valence-corrected chi connectivity index (χ0v) is 8.44. The van der Waals surface area contributed by atoms with Crippen LogP contribution in [-0.4, -0.2) is 10.9 Å². The molecule has 0 radical (unpaired) electrons. The fourth-order valence-corrected chi connectivity index (χ4v) is 0.902. The van der Waals surface area contributed by atoms with Gasteiger partial charge in [-0.2, -0.15) is 0 Å². The van der Waals surface area contributed by atoms with E-state index in [0.717, 1.165) is 5.69 Å². The highest BCUT2D eigenvalue weighted by Gasteiger charge is 2.05. The Bertz CT molecular complexity index is 336. The second-order valence-corrected chi connectivity index (χ2v) is 3.53. The lowest BCUT2D eigenvalue weighted by Gasteiger charge is -2.06. The number of amides is 1. The van der Waals surface area contributed by atoms with E-state index in [1.54, 1.807) is 18.3 Å². The molecule has 1 aromatic rings. The first-order valence-corrected chi connectivity index (χ1v) is 4.50. The van der Waals surface area contributed by atoms with Gasteiger partial charge in [0, 0.05) is 12.1 Å². The minimum Gasteiger partial charge on any atom is -0.351 e. The molecule has 1 amide bonds. The summed E-state index contributed by atoms with van der Waals surface area (Å²) in [5, 5.41) is 2.75. The maximum absolute atomic E-state index is 11.2. The maximum Gasteiger partial charge on any atom is 0.226 e. The number of aromatic amines is 1. The molecule has 0 saturated carbocycles. The Morgan fingerprint density at radius 1 is 1.54 bits per heavy atom. The van der Waals surface area contributed by atoms with Crippen LogP contribution in [0.2, 0.25) is 0 Å². The highest BCUT2D eigenvalue weighted by atomic mass is 32.1. The van der Waals surface area contributed by atoms with Gasteiger partial charge in [-0.25, -0.2) is 0 Å². The zero-order chi connectivity index (χ0) is 9.84. The quantitative estimate of drug-likeness (QED) is 0.713. The lowest BCUT2D eigenvalue weighted by atomic mass is 10.2. The molecule has 3 nitrogen and oxygen atoms in total. The molecule has 1 heterocycles. The van der Waals surface area contributed by atoms with E-state index >= 15 is 0 Å². The molecule has 1 aromatic heterocycles. The molecular formula is C9H12N2OS. The van der Waals surface area contributed by atoms with Gasteiger partial charge in [0.05, 0.1) is 5.69 Å². The van der Waals surface area contributed by atoms with E-state index in [0.29, 0.717) is 4.64 Å². The van der Waals surface area contributed by atoms with Gasteiger partial charge in [-0.1, -0.05) is 26.1 Å². The standard InChI is InChI=1S/C9H12N2OS/c1-6(2)9(12)11-7-3-4-8(13)10-5-7/h3-6H,1-2H3,(H,10,13)(H,11,12). The predicted molar refractivity (Wildman–Crippen MR) is 55.1 cm³/mol. The minimum absolute atomic E-state index is 0.00511. The summed E-state index contributed by atoms with van der Waals surface area (Å²) in [4.78, 5) is 14.1. The number of carbonyl (C=O) groups excluding carboxylic acids is 1. The maximum atomic E-state index is 11.2. The van der Waals surface area contributed by atoms with Crippen molar-refractivity contribution in [3.63, 3.8) is 0 Å². The van der Waals surface area contributed by atoms with Crippen molar-refractivity contribution in [1.29, 1.82) is 0 Å². The van der Waals surface area contributed by atoms with Crippen LogP contribution >= 0.6 is 12.2 Å². The summed E-state index contributed by atoms with van der Waals surface area (Å²) in [6.07, 6.45) is 1.68. The van der Waals surface area contributed by atoms with Gasteiger partial charge in [0.1, 0.15) is 4.64 Å². The Balaban J connectivity index is 2.70. The van der Waals surface area contributed by atoms with Crippen molar-refractivity contribution in [2.75, 3.05) is 5.32 Å². The number of anilines is 1. The Morgan fingerprint density at radius 3 is 2.69 bits per heavy atom. The highest BCUT2D eigenvalue weighted by molar-refractivity contribution is 7.71. The van der Waals surface area contributed by atoms with Crippen molar-refractivity contribution in [1.82, 2.24) is 4.98 Å². The van der Waals surface area contributed by atoms with Gasteiger partial charge in [0.15, 0.2) is 0 Å². The third kappa shape index (κ3) is 2.99. The summed E-state index contributed by atoms with van der Waals surface area (Å²) >= 11 is 4.87. The van der Waals surface area contributed by atoms with Crippen LogP contribution in [0.3, 0.4) is 0 Å². The van der Waals surface area contributed by atoms with Crippen molar-refractivity contribution in [3.8, 4) is 0 Å². The monoisotopic (exact) mass is 196 g/mol. The molecule has 4 heteroatoms. The SMILES string of the molecule is CC(C)C(=O)Nc1ccc(=S)[nH]c1. The van der Waals surface area contributed by atoms with Gasteiger partial charge in [0.25, 0.3) is 0 Å². The normalized spacial score (nSPS) is 10.1. The van der Waals surface area contributed by atoms with E-state index in [-0.39, 0.29) is 11.8 Å². The predicted octanol–water partition coefficient (Wildman–Crippen LogP) is 2.34. The first-order chi connectivity index (χ1) is 6.09. The second kappa shape index (κ2) is 4.18. The smallest absolute Gasteiger partial charge is 0.226 e. The van der Waals surface area contributed by atoms with Crippen molar-refractivity contribution in [3.05, 3.63) is 23.0 Å². The summed E-state index contributed by atoms with van der Waals surface area (Å²) in [6.45, 7) is 3.70. The highest BCUT2D eigenvalue weighted by Crippen LogP contribution is 2.05. The number of hydrogen-bond acceptors (Lipinski definition) is 2. The van der Waals surface area contributed by atoms with E-state index in [1.807, 2.05) is 13.8 Å². The largest absolute Gasteiger partial charge is 0.351 e. The van der Waals surface area contributed by atoms with E-state index < -0.39 is 0 Å². The molecule has 0 spiro atoms. The van der Waals surface area contributed by atoms with Crippen LogP contribution < -0.4 is 5.32 Å². The molecule has 0 saturated heterocycles. The average molecular weight is 196 g/mol. The fraction of sp³-hybridized carbons (Fsp3) is 0.333. The van der Waals surface area contributed by atoms with E-state index in [4.69, 9.17) is 12.2 Å². The first kappa shape index (κ1) is 9.92. The van der Waals surface area contributed by atoms with Crippen LogP contribution in [0.25, 0.3) is 0 Å². The molecule has 2 N–H and O–H groups in total. The third-order valence-corrected chi connectivity index (χ3v) is 1.83. The molecule has 0 bridgehead atoms. The summed E-state index contributed by atoms with van der Waals surface area (Å²) in [5.41, 5.74) is 0.743. The summed E-state index contributed by atoms with van der Waals surface area (Å²) < 4.78 is 0.655. The zero-order valence-electron chi connectivity index (χ0n) is 7.63. The minimum atomic E-state index is -0.0109. The topological polar surface area (TPSA) is 44.9 Å². The van der Waals surface area contributed by atoms with Gasteiger partial charge in [0.2, 0.25) is 5.91 Å². The molecule has 1 rings (SSSR count). The third-order valence-electron chi connectivity index (χ3n) is 1.58. The molecule has 13 heavy (non-hydrogen) atoms. The molecule has 0 aliphatic heterocycles. The Morgan fingerprint density at radius 2 is 2.23 bits per heavy atom. The summed E-state index contributed by atoms with van der Waals surface area (Å²) in [5.74, 6) is -0.00584. The summed E-state index contributed by atoms with van der Waals surface area (Å²) in [6, 6.07) is 3.52. The van der Waals surface area contributed by atoms with Crippen molar-refractivity contribution < 1.29 is 4.79 Å². The number of nitrogens with one attached hydrogen (secondary N) is 2. The molecule has 0 aliphatic carbocycles. The lowest BCUT2D eigenvalue weighted by Crippen LogP contribution is -2.17. The van der Waals surface area contributed by atoms with Gasteiger partial charge in [-0.15, -0.1) is 0 Å². The average Bonchev–Trinajstić information content (AvgIpc) is 2.08. The van der Waals surface area contributed by atoms with Crippen molar-refractivity contribution in [2.45, 2.75) is 13.8 Å². The fourth-order valence-electron chi connectivity index (χ4n) is 0.775. The number of aromatic nitrogens is 1. The van der Waals surface area contributed by atoms with Gasteiger partial charge >= 0.3 is 0 Å². The first-order valence-electron chi connectivity index (χ1n) is 4.09. The summed E-state index contributed by atoms with van der Waals surface area (Å²) in [7, 11) is 0. The van der Waals surface area contributed by atoms with Crippen LogP contribution in [0.15, 0.2) is 18.3 Å². The number of rotatable bonds is 2. The Hall–Kier alpha value is -1.16. The Labute approximate surface area is 82.2 Å².